The minimum Gasteiger partial charge on any atom is -0.451 e. The van der Waals surface area contributed by atoms with Gasteiger partial charge in [-0.15, -0.1) is 0 Å². The lowest BCUT2D eigenvalue weighted by Crippen LogP contribution is -2.22. The molecule has 22 heavy (non-hydrogen) atoms. The van der Waals surface area contributed by atoms with E-state index in [-0.39, 0.29) is 18.2 Å². The molecule has 1 heterocycles. The van der Waals surface area contributed by atoms with Crippen LogP contribution >= 0.6 is 0 Å². The van der Waals surface area contributed by atoms with E-state index < -0.39 is 5.91 Å². The molecule has 5 nitrogen and oxygen atoms in total. The first-order valence-corrected chi connectivity index (χ1v) is 6.79. The summed E-state index contributed by atoms with van der Waals surface area (Å²) in [5.74, 6) is -0.543. The number of para-hydroxylation sites is 1. The van der Waals surface area contributed by atoms with E-state index in [9.17, 15) is 9.59 Å². The topological polar surface area (TPSA) is 85.3 Å². The zero-order chi connectivity index (χ0) is 15.5. The SMILES string of the molecule is NC(=O)c1cccc(CNC(=O)c2cc3ccccc3o2)c1. The van der Waals surface area contributed by atoms with Crippen molar-refractivity contribution in [3.63, 3.8) is 0 Å². The van der Waals surface area contributed by atoms with Gasteiger partial charge in [0.15, 0.2) is 5.76 Å². The molecule has 0 saturated carbocycles. The second-order valence-electron chi connectivity index (χ2n) is 4.90. The summed E-state index contributed by atoms with van der Waals surface area (Å²) >= 11 is 0. The van der Waals surface area contributed by atoms with E-state index in [1.807, 2.05) is 30.3 Å². The van der Waals surface area contributed by atoms with Gasteiger partial charge in [-0.2, -0.15) is 0 Å². The Bertz CT molecular complexity index is 819. The Morgan fingerprint density at radius 1 is 1.05 bits per heavy atom. The zero-order valence-corrected chi connectivity index (χ0v) is 11.7. The highest BCUT2D eigenvalue weighted by molar-refractivity contribution is 5.96. The Hall–Kier alpha value is -3.08. The Morgan fingerprint density at radius 2 is 1.86 bits per heavy atom. The molecular formula is C17H14N2O3. The van der Waals surface area contributed by atoms with E-state index in [4.69, 9.17) is 10.2 Å². The molecule has 0 saturated heterocycles. The van der Waals surface area contributed by atoms with Gasteiger partial charge in [0.05, 0.1) is 0 Å². The van der Waals surface area contributed by atoms with E-state index in [2.05, 4.69) is 5.32 Å². The van der Waals surface area contributed by atoms with Crippen molar-refractivity contribution in [3.8, 4) is 0 Å². The fourth-order valence-electron chi connectivity index (χ4n) is 2.20. The van der Waals surface area contributed by atoms with Gasteiger partial charge in [-0.1, -0.05) is 30.3 Å². The van der Waals surface area contributed by atoms with Gasteiger partial charge in [0.2, 0.25) is 5.91 Å². The molecule has 0 atom stereocenters. The van der Waals surface area contributed by atoms with Crippen LogP contribution < -0.4 is 11.1 Å². The molecule has 2 aromatic carbocycles. The number of carbonyl (C=O) groups excluding carboxylic acids is 2. The number of carbonyl (C=O) groups is 2. The van der Waals surface area contributed by atoms with Gasteiger partial charge in [-0.05, 0) is 29.8 Å². The van der Waals surface area contributed by atoms with Crippen LogP contribution in [0.3, 0.4) is 0 Å². The standard InChI is InChI=1S/C17H14N2O3/c18-16(20)13-6-3-4-11(8-13)10-19-17(21)15-9-12-5-1-2-7-14(12)22-15/h1-9H,10H2,(H2,18,20)(H,19,21). The van der Waals surface area contributed by atoms with E-state index >= 15 is 0 Å². The minimum atomic E-state index is -0.495. The highest BCUT2D eigenvalue weighted by Gasteiger charge is 2.11. The van der Waals surface area contributed by atoms with Crippen LogP contribution in [0.25, 0.3) is 11.0 Å². The molecule has 0 unspecified atom stereocenters. The fourth-order valence-corrected chi connectivity index (χ4v) is 2.20. The summed E-state index contributed by atoms with van der Waals surface area (Å²) < 4.78 is 5.49. The molecular weight excluding hydrogens is 280 g/mol. The predicted molar refractivity (Wildman–Crippen MR) is 82.3 cm³/mol. The van der Waals surface area contributed by atoms with Gasteiger partial charge in [0, 0.05) is 17.5 Å². The molecule has 3 aromatic rings. The lowest BCUT2D eigenvalue weighted by atomic mass is 10.1. The maximum absolute atomic E-state index is 12.1. The van der Waals surface area contributed by atoms with Gasteiger partial charge in [-0.3, -0.25) is 9.59 Å². The summed E-state index contributed by atoms with van der Waals surface area (Å²) in [5, 5.41) is 3.64. The van der Waals surface area contributed by atoms with Crippen molar-refractivity contribution in [2.24, 2.45) is 5.73 Å². The van der Waals surface area contributed by atoms with Gasteiger partial charge in [0.25, 0.3) is 5.91 Å². The average Bonchev–Trinajstić information content (AvgIpc) is 2.97. The van der Waals surface area contributed by atoms with Crippen molar-refractivity contribution in [1.29, 1.82) is 0 Å². The molecule has 0 fully saturated rings. The molecule has 5 heteroatoms. The van der Waals surface area contributed by atoms with Crippen LogP contribution in [0, 0.1) is 0 Å². The third-order valence-electron chi connectivity index (χ3n) is 3.31. The summed E-state index contributed by atoms with van der Waals surface area (Å²) in [6.45, 7) is 0.289. The number of furan rings is 1. The summed E-state index contributed by atoms with van der Waals surface area (Å²) in [5.41, 5.74) is 7.11. The summed E-state index contributed by atoms with van der Waals surface area (Å²) in [4.78, 5) is 23.2. The Balaban J connectivity index is 1.72. The van der Waals surface area contributed by atoms with Crippen molar-refractivity contribution in [3.05, 3.63) is 71.5 Å². The van der Waals surface area contributed by atoms with E-state index in [0.717, 1.165) is 10.9 Å². The van der Waals surface area contributed by atoms with Crippen molar-refractivity contribution in [2.45, 2.75) is 6.54 Å². The van der Waals surface area contributed by atoms with Crippen molar-refractivity contribution in [2.75, 3.05) is 0 Å². The molecule has 0 aliphatic heterocycles. The maximum Gasteiger partial charge on any atom is 0.287 e. The first kappa shape index (κ1) is 13.9. The third-order valence-corrected chi connectivity index (χ3v) is 3.31. The van der Waals surface area contributed by atoms with Crippen molar-refractivity contribution < 1.29 is 14.0 Å². The second-order valence-corrected chi connectivity index (χ2v) is 4.90. The number of benzene rings is 2. The number of rotatable bonds is 4. The number of hydrogen-bond donors (Lipinski definition) is 2. The predicted octanol–water partition coefficient (Wildman–Crippen LogP) is 2.46. The molecule has 3 N–H and O–H groups in total. The molecule has 2 amide bonds. The van der Waals surface area contributed by atoms with Crippen LogP contribution in [0.5, 0.6) is 0 Å². The van der Waals surface area contributed by atoms with Crippen LogP contribution in [0.2, 0.25) is 0 Å². The Labute approximate surface area is 126 Å². The van der Waals surface area contributed by atoms with E-state index in [1.165, 1.54) is 0 Å². The number of hydrogen-bond acceptors (Lipinski definition) is 3. The monoisotopic (exact) mass is 294 g/mol. The maximum atomic E-state index is 12.1. The highest BCUT2D eigenvalue weighted by atomic mass is 16.3. The van der Waals surface area contributed by atoms with Crippen LogP contribution in [0.1, 0.15) is 26.5 Å². The van der Waals surface area contributed by atoms with Crippen molar-refractivity contribution in [1.82, 2.24) is 5.32 Å². The molecule has 0 spiro atoms. The Morgan fingerprint density at radius 3 is 2.64 bits per heavy atom. The second kappa shape index (κ2) is 5.73. The number of primary amides is 1. The lowest BCUT2D eigenvalue weighted by molar-refractivity contribution is 0.0925. The van der Waals surface area contributed by atoms with Gasteiger partial charge in [-0.25, -0.2) is 0 Å². The van der Waals surface area contributed by atoms with Crippen LogP contribution in [-0.4, -0.2) is 11.8 Å². The summed E-state index contributed by atoms with van der Waals surface area (Å²) in [6, 6.07) is 15.9. The quantitative estimate of drug-likeness (QED) is 0.775. The highest BCUT2D eigenvalue weighted by Crippen LogP contribution is 2.18. The first-order valence-electron chi connectivity index (χ1n) is 6.79. The molecule has 110 valence electrons. The smallest absolute Gasteiger partial charge is 0.287 e. The normalized spacial score (nSPS) is 10.5. The van der Waals surface area contributed by atoms with Crippen LogP contribution in [0.4, 0.5) is 0 Å². The lowest BCUT2D eigenvalue weighted by Gasteiger charge is -2.04. The molecule has 0 bridgehead atoms. The third kappa shape index (κ3) is 2.83. The fraction of sp³-hybridized carbons (Fsp3) is 0.0588. The van der Waals surface area contributed by atoms with E-state index in [0.29, 0.717) is 11.1 Å². The number of amides is 2. The average molecular weight is 294 g/mol. The zero-order valence-electron chi connectivity index (χ0n) is 11.7. The van der Waals surface area contributed by atoms with E-state index in [1.54, 1.807) is 24.3 Å². The molecule has 0 radical (unpaired) electrons. The Kier molecular flexibility index (Phi) is 3.62. The van der Waals surface area contributed by atoms with Crippen molar-refractivity contribution >= 4 is 22.8 Å². The molecule has 0 aliphatic rings. The van der Waals surface area contributed by atoms with Gasteiger partial charge < -0.3 is 15.5 Å². The molecule has 1 aromatic heterocycles. The molecule has 0 aliphatic carbocycles. The minimum absolute atomic E-state index is 0.257. The summed E-state index contributed by atoms with van der Waals surface area (Å²) in [6.07, 6.45) is 0. The number of fused-ring (bicyclic) bond motifs is 1. The van der Waals surface area contributed by atoms with Gasteiger partial charge in [0.1, 0.15) is 5.58 Å². The number of nitrogens with one attached hydrogen (secondary N) is 1. The largest absolute Gasteiger partial charge is 0.451 e. The van der Waals surface area contributed by atoms with Crippen LogP contribution in [-0.2, 0) is 6.54 Å². The first-order chi connectivity index (χ1) is 10.6. The van der Waals surface area contributed by atoms with Gasteiger partial charge >= 0.3 is 0 Å². The summed E-state index contributed by atoms with van der Waals surface area (Å²) in [7, 11) is 0. The molecule has 3 rings (SSSR count). The van der Waals surface area contributed by atoms with Crippen LogP contribution in [0.15, 0.2) is 59.0 Å². The number of nitrogens with two attached hydrogens (primary N) is 1.